The molecule has 2 aliphatic heterocycles. The lowest BCUT2D eigenvalue weighted by Crippen LogP contribution is -2.56. The summed E-state index contributed by atoms with van der Waals surface area (Å²) in [5.74, 6) is 1.83. The van der Waals surface area contributed by atoms with Gasteiger partial charge in [-0.2, -0.15) is 0 Å². The first-order chi connectivity index (χ1) is 16.5. The van der Waals surface area contributed by atoms with Crippen molar-refractivity contribution in [2.45, 2.75) is 23.6 Å². The molecule has 182 valence electrons. The van der Waals surface area contributed by atoms with Gasteiger partial charge in [0.2, 0.25) is 0 Å². The van der Waals surface area contributed by atoms with Crippen LogP contribution in [-0.2, 0) is 9.47 Å². The van der Waals surface area contributed by atoms with E-state index in [-0.39, 0.29) is 12.1 Å². The van der Waals surface area contributed by atoms with Gasteiger partial charge in [0.25, 0.3) is 0 Å². The first-order valence-electron chi connectivity index (χ1n) is 11.1. The standard InChI is InChI=1S/C23H25BrCl2N4O4/c1-31-19-6-15-18(27-12-28-23(15)29-17-3-2-16(24)21(25)22(17)26)7-20(19)34-11-14-8-30-4-5-32-9-13(30)10-33-14/h2-3,6-7,12-14,17,22H,4-5,8-11H2,1H3,(H,27,28,29)/t13?,14-,17?,22?/m1/s1. The second kappa shape index (κ2) is 10.6. The van der Waals surface area contributed by atoms with Crippen LogP contribution >= 0.6 is 39.1 Å². The maximum atomic E-state index is 6.53. The third-order valence-electron chi connectivity index (χ3n) is 6.20. The van der Waals surface area contributed by atoms with Crippen molar-refractivity contribution in [3.05, 3.63) is 40.1 Å². The van der Waals surface area contributed by atoms with Crippen LogP contribution in [0.5, 0.6) is 11.5 Å². The Labute approximate surface area is 216 Å². The van der Waals surface area contributed by atoms with Gasteiger partial charge in [-0.25, -0.2) is 9.97 Å². The van der Waals surface area contributed by atoms with E-state index in [1.807, 2.05) is 24.3 Å². The number of hydrogen-bond acceptors (Lipinski definition) is 8. The molecule has 3 unspecified atom stereocenters. The number of benzene rings is 1. The lowest BCUT2D eigenvalue weighted by molar-refractivity contribution is -0.124. The summed E-state index contributed by atoms with van der Waals surface area (Å²) in [5.41, 5.74) is 0.722. The summed E-state index contributed by atoms with van der Waals surface area (Å²) in [6.07, 6.45) is 5.31. The number of anilines is 1. The Morgan fingerprint density at radius 1 is 1.26 bits per heavy atom. The smallest absolute Gasteiger partial charge is 0.163 e. The fraction of sp³-hybridized carbons (Fsp3) is 0.478. The van der Waals surface area contributed by atoms with Crippen molar-refractivity contribution in [2.24, 2.45) is 0 Å². The van der Waals surface area contributed by atoms with Crippen LogP contribution in [0.1, 0.15) is 0 Å². The van der Waals surface area contributed by atoms with Crippen LogP contribution in [0.2, 0.25) is 0 Å². The van der Waals surface area contributed by atoms with Gasteiger partial charge in [-0.3, -0.25) is 4.90 Å². The minimum absolute atomic E-state index is 0.0201. The molecule has 1 aliphatic carbocycles. The lowest BCUT2D eigenvalue weighted by atomic mass is 10.1. The van der Waals surface area contributed by atoms with Gasteiger partial charge < -0.3 is 24.3 Å². The highest BCUT2D eigenvalue weighted by Gasteiger charge is 2.32. The van der Waals surface area contributed by atoms with Gasteiger partial charge in [0.15, 0.2) is 11.5 Å². The number of nitrogens with zero attached hydrogens (tertiary/aromatic N) is 3. The molecule has 0 bridgehead atoms. The number of morpholine rings is 2. The summed E-state index contributed by atoms with van der Waals surface area (Å²) in [4.78, 5) is 11.3. The van der Waals surface area contributed by atoms with Gasteiger partial charge in [-0.15, -0.1) is 11.6 Å². The van der Waals surface area contributed by atoms with Crippen LogP contribution in [0.3, 0.4) is 0 Å². The summed E-state index contributed by atoms with van der Waals surface area (Å²) in [6, 6.07) is 3.83. The number of halogens is 3. The minimum atomic E-state index is -0.433. The molecule has 3 aliphatic rings. The normalized spacial score (nSPS) is 27.5. The molecular weight excluding hydrogens is 547 g/mol. The van der Waals surface area contributed by atoms with Crippen LogP contribution in [0.25, 0.3) is 10.9 Å². The van der Waals surface area contributed by atoms with Crippen molar-refractivity contribution >= 4 is 55.9 Å². The third kappa shape index (κ3) is 5.01. The van der Waals surface area contributed by atoms with E-state index in [1.54, 1.807) is 7.11 Å². The van der Waals surface area contributed by atoms with E-state index in [9.17, 15) is 0 Å². The quantitative estimate of drug-likeness (QED) is 0.523. The van der Waals surface area contributed by atoms with Crippen LogP contribution in [0, 0.1) is 0 Å². The van der Waals surface area contributed by atoms with Crippen LogP contribution in [-0.4, -0.2) is 85.1 Å². The number of rotatable bonds is 6. The Kier molecular flexibility index (Phi) is 7.48. The molecule has 2 fully saturated rings. The molecule has 8 nitrogen and oxygen atoms in total. The molecule has 34 heavy (non-hydrogen) atoms. The number of aromatic nitrogens is 2. The highest BCUT2D eigenvalue weighted by atomic mass is 79.9. The lowest BCUT2D eigenvalue weighted by Gasteiger charge is -2.41. The summed E-state index contributed by atoms with van der Waals surface area (Å²) < 4.78 is 24.1. The van der Waals surface area contributed by atoms with Crippen molar-refractivity contribution in [2.75, 3.05) is 51.9 Å². The predicted molar refractivity (Wildman–Crippen MR) is 136 cm³/mol. The van der Waals surface area contributed by atoms with Crippen LogP contribution < -0.4 is 14.8 Å². The first-order valence-corrected chi connectivity index (χ1v) is 12.7. The number of nitrogens with one attached hydrogen (secondary N) is 1. The molecule has 0 radical (unpaired) electrons. The van der Waals surface area contributed by atoms with Gasteiger partial charge in [0.1, 0.15) is 24.9 Å². The zero-order valence-corrected chi connectivity index (χ0v) is 21.6. The number of allylic oxidation sites excluding steroid dienone is 2. The van der Waals surface area contributed by atoms with Gasteiger partial charge >= 0.3 is 0 Å². The molecule has 3 heterocycles. The van der Waals surface area contributed by atoms with Crippen molar-refractivity contribution in [1.82, 2.24) is 14.9 Å². The maximum Gasteiger partial charge on any atom is 0.163 e. The summed E-state index contributed by atoms with van der Waals surface area (Å²) in [7, 11) is 1.61. The molecule has 0 amide bonds. The van der Waals surface area contributed by atoms with Gasteiger partial charge in [0, 0.05) is 29.0 Å². The number of hydrogen-bond donors (Lipinski definition) is 1. The van der Waals surface area contributed by atoms with Crippen LogP contribution in [0.4, 0.5) is 5.82 Å². The molecule has 1 aromatic carbocycles. The molecular formula is C23H25BrCl2N4O4. The number of ether oxygens (including phenoxy) is 4. The molecule has 4 atom stereocenters. The topological polar surface area (TPSA) is 78.0 Å². The summed E-state index contributed by atoms with van der Waals surface area (Å²) in [6.45, 7) is 4.30. The van der Waals surface area contributed by atoms with E-state index < -0.39 is 5.38 Å². The highest BCUT2D eigenvalue weighted by Crippen LogP contribution is 2.36. The van der Waals surface area contributed by atoms with Gasteiger partial charge in [0.05, 0.1) is 54.9 Å². The second-order valence-corrected chi connectivity index (χ2v) is 10.1. The molecule has 11 heteroatoms. The molecule has 0 saturated carbocycles. The van der Waals surface area contributed by atoms with E-state index in [4.69, 9.17) is 42.1 Å². The zero-order chi connectivity index (χ0) is 23.7. The third-order valence-corrected chi connectivity index (χ3v) is 8.16. The minimum Gasteiger partial charge on any atom is -0.493 e. The Balaban J connectivity index is 1.32. The van der Waals surface area contributed by atoms with Gasteiger partial charge in [-0.05, 0) is 28.1 Å². The molecule has 5 rings (SSSR count). The van der Waals surface area contributed by atoms with E-state index in [0.29, 0.717) is 41.6 Å². The molecule has 2 saturated heterocycles. The monoisotopic (exact) mass is 570 g/mol. The van der Waals surface area contributed by atoms with E-state index in [1.165, 1.54) is 6.33 Å². The number of fused-ring (bicyclic) bond motifs is 2. The molecule has 2 aromatic rings. The number of methoxy groups -OCH3 is 1. The largest absolute Gasteiger partial charge is 0.493 e. The molecule has 0 spiro atoms. The van der Waals surface area contributed by atoms with Crippen molar-refractivity contribution in [3.63, 3.8) is 0 Å². The van der Waals surface area contributed by atoms with E-state index >= 15 is 0 Å². The van der Waals surface area contributed by atoms with Crippen molar-refractivity contribution in [1.29, 1.82) is 0 Å². The summed E-state index contributed by atoms with van der Waals surface area (Å²) >= 11 is 16.3. The predicted octanol–water partition coefficient (Wildman–Crippen LogP) is 3.92. The molecule has 1 aromatic heterocycles. The van der Waals surface area contributed by atoms with E-state index in [0.717, 1.165) is 41.7 Å². The fourth-order valence-corrected chi connectivity index (χ4v) is 5.31. The van der Waals surface area contributed by atoms with Crippen molar-refractivity contribution in [3.8, 4) is 11.5 Å². The van der Waals surface area contributed by atoms with Gasteiger partial charge in [-0.1, -0.05) is 17.7 Å². The highest BCUT2D eigenvalue weighted by molar-refractivity contribution is 9.12. The van der Waals surface area contributed by atoms with E-state index in [2.05, 4.69) is 36.1 Å². The SMILES string of the molecule is COc1cc2c(NC3C=CC(Br)=C(Cl)C3Cl)ncnc2cc1OC[C@H]1CN2CCOCC2CO1. The molecule has 1 N–H and O–H groups in total. The Morgan fingerprint density at radius 2 is 2.15 bits per heavy atom. The zero-order valence-electron chi connectivity index (χ0n) is 18.5. The Bertz CT molecular complexity index is 1120. The number of alkyl halides is 1. The first kappa shape index (κ1) is 24.1. The second-order valence-electron chi connectivity index (χ2n) is 8.36. The average Bonchev–Trinajstić information content (AvgIpc) is 2.87. The average molecular weight is 572 g/mol. The Morgan fingerprint density at radius 3 is 3.00 bits per heavy atom. The maximum absolute atomic E-state index is 6.53. The summed E-state index contributed by atoms with van der Waals surface area (Å²) in [5, 5.41) is 4.26. The fourth-order valence-electron chi connectivity index (χ4n) is 4.31. The van der Waals surface area contributed by atoms with Crippen LogP contribution in [0.15, 0.2) is 40.1 Å². The Hall–Kier alpha value is -1.62. The van der Waals surface area contributed by atoms with Crippen molar-refractivity contribution < 1.29 is 18.9 Å².